The van der Waals surface area contributed by atoms with Crippen LogP contribution < -0.4 is 5.32 Å². The van der Waals surface area contributed by atoms with Gasteiger partial charge in [-0.05, 0) is 25.9 Å². The first-order valence-electron chi connectivity index (χ1n) is 5.07. The van der Waals surface area contributed by atoms with Gasteiger partial charge < -0.3 is 9.80 Å². The first-order valence-corrected chi connectivity index (χ1v) is 5.07. The summed E-state index contributed by atoms with van der Waals surface area (Å²) >= 11 is 0. The molecule has 2 saturated heterocycles. The summed E-state index contributed by atoms with van der Waals surface area (Å²) in [7, 11) is 0. The molecule has 0 aromatic carbocycles. The van der Waals surface area contributed by atoms with Crippen molar-refractivity contribution in [3.8, 4) is 0 Å². The topological polar surface area (TPSA) is 35.6 Å². The second-order valence-corrected chi connectivity index (χ2v) is 3.79. The van der Waals surface area contributed by atoms with E-state index in [0.717, 1.165) is 19.8 Å². The van der Waals surface area contributed by atoms with Gasteiger partial charge in [-0.2, -0.15) is 0 Å². The monoisotopic (exact) mass is 183 g/mol. The van der Waals surface area contributed by atoms with E-state index in [1.807, 2.05) is 4.90 Å². The van der Waals surface area contributed by atoms with Gasteiger partial charge in [0.25, 0.3) is 0 Å². The molecule has 2 aliphatic rings. The third-order valence-electron chi connectivity index (χ3n) is 2.82. The van der Waals surface area contributed by atoms with Crippen LogP contribution in [-0.2, 0) is 4.79 Å². The molecule has 0 aromatic heterocycles. The van der Waals surface area contributed by atoms with Crippen molar-refractivity contribution in [2.45, 2.75) is 12.8 Å². The maximum atomic E-state index is 11.2. The van der Waals surface area contributed by atoms with Crippen LogP contribution in [0.5, 0.6) is 0 Å². The first kappa shape index (κ1) is 8.97. The van der Waals surface area contributed by atoms with E-state index in [1.54, 1.807) is 0 Å². The molecule has 0 atom stereocenters. The van der Waals surface area contributed by atoms with Crippen molar-refractivity contribution < 1.29 is 4.79 Å². The Kier molecular flexibility index (Phi) is 2.80. The van der Waals surface area contributed by atoms with Crippen LogP contribution in [0.4, 0.5) is 0 Å². The molecule has 74 valence electrons. The van der Waals surface area contributed by atoms with E-state index in [2.05, 4.69) is 10.2 Å². The number of hydrogen-bond donors (Lipinski definition) is 1. The highest BCUT2D eigenvalue weighted by atomic mass is 16.2. The van der Waals surface area contributed by atoms with Gasteiger partial charge in [-0.25, -0.2) is 0 Å². The summed E-state index contributed by atoms with van der Waals surface area (Å²) in [5, 5.41) is 3.06. The summed E-state index contributed by atoms with van der Waals surface area (Å²) in [4.78, 5) is 15.6. The van der Waals surface area contributed by atoms with Crippen LogP contribution in [0.25, 0.3) is 0 Å². The molecule has 0 aliphatic carbocycles. The van der Waals surface area contributed by atoms with E-state index in [9.17, 15) is 4.79 Å². The van der Waals surface area contributed by atoms with Crippen molar-refractivity contribution >= 4 is 5.91 Å². The lowest BCUT2D eigenvalue weighted by Crippen LogP contribution is -2.35. The van der Waals surface area contributed by atoms with E-state index >= 15 is 0 Å². The molecule has 0 bridgehead atoms. The Morgan fingerprint density at radius 3 is 2.62 bits per heavy atom. The molecule has 13 heavy (non-hydrogen) atoms. The number of rotatable bonds is 3. The zero-order valence-corrected chi connectivity index (χ0v) is 7.96. The van der Waals surface area contributed by atoms with E-state index in [4.69, 9.17) is 0 Å². The van der Waals surface area contributed by atoms with Crippen molar-refractivity contribution in [1.82, 2.24) is 15.1 Å². The molecular weight excluding hydrogens is 166 g/mol. The highest BCUT2D eigenvalue weighted by Crippen LogP contribution is 2.07. The molecule has 1 N–H and O–H groups in total. The van der Waals surface area contributed by atoms with Crippen LogP contribution in [0.15, 0.2) is 0 Å². The Labute approximate surface area is 78.9 Å². The van der Waals surface area contributed by atoms with Crippen LogP contribution in [-0.4, -0.2) is 55.1 Å². The number of nitrogens with zero attached hydrogens (tertiary/aromatic N) is 2. The highest BCUT2D eigenvalue weighted by molar-refractivity contribution is 5.79. The van der Waals surface area contributed by atoms with E-state index in [0.29, 0.717) is 6.54 Å². The van der Waals surface area contributed by atoms with Gasteiger partial charge in [-0.3, -0.25) is 10.1 Å². The molecule has 2 heterocycles. The number of hydrogen-bond acceptors (Lipinski definition) is 3. The zero-order valence-electron chi connectivity index (χ0n) is 7.96. The number of carbonyl (C=O) groups excluding carboxylic acids is 1. The third-order valence-corrected chi connectivity index (χ3v) is 2.82. The Bertz CT molecular complexity index is 189. The smallest absolute Gasteiger partial charge is 0.237 e. The van der Waals surface area contributed by atoms with Gasteiger partial charge in [-0.1, -0.05) is 0 Å². The molecule has 2 rings (SSSR count). The summed E-state index contributed by atoms with van der Waals surface area (Å²) in [6, 6.07) is 0. The summed E-state index contributed by atoms with van der Waals surface area (Å²) in [6.45, 7) is 5.65. The molecule has 0 radical (unpaired) electrons. The van der Waals surface area contributed by atoms with Crippen molar-refractivity contribution in [2.24, 2.45) is 0 Å². The normalized spacial score (nSPS) is 24.6. The first-order chi connectivity index (χ1) is 6.36. The second-order valence-electron chi connectivity index (χ2n) is 3.79. The Morgan fingerprint density at radius 1 is 1.23 bits per heavy atom. The Hall–Kier alpha value is -0.610. The molecule has 2 aliphatic heterocycles. The average Bonchev–Trinajstić information content (AvgIpc) is 2.72. The highest BCUT2D eigenvalue weighted by Gasteiger charge is 2.20. The van der Waals surface area contributed by atoms with Gasteiger partial charge in [0.15, 0.2) is 0 Å². The molecule has 1 amide bonds. The molecule has 4 heteroatoms. The second kappa shape index (κ2) is 4.07. The molecular formula is C9H17N3O. The third kappa shape index (κ3) is 2.19. The fraction of sp³-hybridized carbons (Fsp3) is 0.889. The maximum Gasteiger partial charge on any atom is 0.237 e. The van der Waals surface area contributed by atoms with Crippen molar-refractivity contribution in [3.05, 3.63) is 0 Å². The number of carbonyl (C=O) groups is 1. The van der Waals surface area contributed by atoms with Gasteiger partial charge >= 0.3 is 0 Å². The predicted molar refractivity (Wildman–Crippen MR) is 50.3 cm³/mol. The summed E-state index contributed by atoms with van der Waals surface area (Å²) < 4.78 is 0. The Morgan fingerprint density at radius 2 is 2.00 bits per heavy atom. The Balaban J connectivity index is 1.69. The molecule has 2 fully saturated rings. The van der Waals surface area contributed by atoms with Crippen LogP contribution in [0.3, 0.4) is 0 Å². The van der Waals surface area contributed by atoms with Crippen LogP contribution in [0.1, 0.15) is 12.8 Å². The van der Waals surface area contributed by atoms with Crippen molar-refractivity contribution in [1.29, 1.82) is 0 Å². The van der Waals surface area contributed by atoms with Crippen LogP contribution in [0, 0.1) is 0 Å². The minimum Gasteiger partial charge on any atom is -0.328 e. The summed E-state index contributed by atoms with van der Waals surface area (Å²) in [5.41, 5.74) is 0. The van der Waals surface area contributed by atoms with Gasteiger partial charge in [0.2, 0.25) is 5.91 Å². The van der Waals surface area contributed by atoms with Gasteiger partial charge in [0.05, 0.1) is 13.2 Å². The molecule has 0 aromatic rings. The lowest BCUT2D eigenvalue weighted by Gasteiger charge is -2.19. The fourth-order valence-corrected chi connectivity index (χ4v) is 1.97. The quantitative estimate of drug-likeness (QED) is 0.639. The SMILES string of the molecule is O=C1CNCN1CCN1CCCC1. The van der Waals surface area contributed by atoms with E-state index in [-0.39, 0.29) is 5.91 Å². The average molecular weight is 183 g/mol. The summed E-state index contributed by atoms with van der Waals surface area (Å²) in [6.07, 6.45) is 2.65. The van der Waals surface area contributed by atoms with Crippen LogP contribution >= 0.6 is 0 Å². The minimum atomic E-state index is 0.249. The predicted octanol–water partition coefficient (Wildman–Crippen LogP) is -0.528. The van der Waals surface area contributed by atoms with Gasteiger partial charge in [0, 0.05) is 13.1 Å². The standard InChI is InChI=1S/C9H17N3O/c13-9-7-10-8-12(9)6-5-11-3-1-2-4-11/h10H,1-8H2. The molecule has 4 nitrogen and oxygen atoms in total. The van der Waals surface area contributed by atoms with Crippen LogP contribution in [0.2, 0.25) is 0 Å². The lowest BCUT2D eigenvalue weighted by atomic mass is 10.4. The maximum absolute atomic E-state index is 11.2. The fourth-order valence-electron chi connectivity index (χ4n) is 1.97. The van der Waals surface area contributed by atoms with Crippen molar-refractivity contribution in [3.63, 3.8) is 0 Å². The van der Waals surface area contributed by atoms with Gasteiger partial charge in [0.1, 0.15) is 0 Å². The molecule has 0 unspecified atom stereocenters. The zero-order chi connectivity index (χ0) is 9.10. The number of likely N-dealkylation sites (tertiary alicyclic amines) is 1. The van der Waals surface area contributed by atoms with Crippen molar-refractivity contribution in [2.75, 3.05) is 39.4 Å². The minimum absolute atomic E-state index is 0.249. The van der Waals surface area contributed by atoms with E-state index in [1.165, 1.54) is 25.9 Å². The lowest BCUT2D eigenvalue weighted by molar-refractivity contribution is -0.126. The number of nitrogens with one attached hydrogen (secondary N) is 1. The van der Waals surface area contributed by atoms with Gasteiger partial charge in [-0.15, -0.1) is 0 Å². The largest absolute Gasteiger partial charge is 0.328 e. The number of amides is 1. The molecule has 0 saturated carbocycles. The molecule has 0 spiro atoms. The summed E-state index contributed by atoms with van der Waals surface area (Å²) in [5.74, 6) is 0.249. The van der Waals surface area contributed by atoms with E-state index < -0.39 is 0 Å².